The topological polar surface area (TPSA) is 34.2 Å². The average molecular weight is 297 g/mol. The van der Waals surface area contributed by atoms with Crippen LogP contribution in [0.3, 0.4) is 0 Å². The van der Waals surface area contributed by atoms with Crippen LogP contribution < -0.4 is 10.1 Å². The minimum atomic E-state index is 0.0649. The minimum Gasteiger partial charge on any atom is -0.495 e. The van der Waals surface area contributed by atoms with Crippen molar-refractivity contribution in [2.75, 3.05) is 13.7 Å². The zero-order chi connectivity index (χ0) is 13.7. The molecule has 19 heavy (non-hydrogen) atoms. The fraction of sp³-hybridized carbons (Fsp3) is 0.357. The van der Waals surface area contributed by atoms with E-state index in [2.05, 4.69) is 17.2 Å². The first-order valence-electron chi connectivity index (χ1n) is 6.21. The molecule has 0 aliphatic rings. The first-order valence-corrected chi connectivity index (χ1v) is 7.47. The summed E-state index contributed by atoms with van der Waals surface area (Å²) in [7, 11) is 1.65. The van der Waals surface area contributed by atoms with Gasteiger partial charge in [0.05, 0.1) is 24.4 Å². The third-order valence-electron chi connectivity index (χ3n) is 2.81. The maximum absolute atomic E-state index is 6.26. The van der Waals surface area contributed by atoms with Crippen LogP contribution in [0.2, 0.25) is 5.02 Å². The number of pyridine rings is 1. The van der Waals surface area contributed by atoms with Gasteiger partial charge in [0.1, 0.15) is 5.75 Å². The molecule has 1 atom stereocenters. The van der Waals surface area contributed by atoms with Crippen LogP contribution in [0.15, 0.2) is 29.9 Å². The molecule has 2 aromatic rings. The van der Waals surface area contributed by atoms with Gasteiger partial charge >= 0.3 is 0 Å². The number of methoxy groups -OCH3 is 1. The molecule has 1 N–H and O–H groups in total. The molecule has 0 radical (unpaired) electrons. The van der Waals surface area contributed by atoms with Crippen LogP contribution in [-0.4, -0.2) is 18.6 Å². The van der Waals surface area contributed by atoms with Gasteiger partial charge in [-0.25, -0.2) is 0 Å². The van der Waals surface area contributed by atoms with Crippen molar-refractivity contribution in [2.24, 2.45) is 0 Å². The summed E-state index contributed by atoms with van der Waals surface area (Å²) in [5.41, 5.74) is 1.07. The standard InChI is InChI=1S/C14H17ClN2OS/c1-3-5-17-13(14-12(15)4-6-19-14)10-7-11(18-2)9-16-8-10/h4,6-9,13,17H,3,5H2,1-2H3. The van der Waals surface area contributed by atoms with E-state index in [1.807, 2.05) is 23.7 Å². The number of ether oxygens (including phenoxy) is 1. The second-order valence-corrected chi connectivity index (χ2v) is 5.53. The third-order valence-corrected chi connectivity index (χ3v) is 4.23. The Morgan fingerprint density at radius 2 is 2.32 bits per heavy atom. The second-order valence-electron chi connectivity index (χ2n) is 4.18. The molecule has 0 spiro atoms. The summed E-state index contributed by atoms with van der Waals surface area (Å²) < 4.78 is 5.24. The Morgan fingerprint density at radius 1 is 1.47 bits per heavy atom. The van der Waals surface area contributed by atoms with Crippen molar-refractivity contribution in [3.05, 3.63) is 45.4 Å². The highest BCUT2D eigenvalue weighted by Gasteiger charge is 2.18. The highest BCUT2D eigenvalue weighted by Crippen LogP contribution is 2.33. The van der Waals surface area contributed by atoms with Crippen LogP contribution in [0, 0.1) is 0 Å². The first kappa shape index (κ1) is 14.3. The van der Waals surface area contributed by atoms with Crippen molar-refractivity contribution in [1.82, 2.24) is 10.3 Å². The van der Waals surface area contributed by atoms with Crippen LogP contribution in [0.5, 0.6) is 5.75 Å². The molecule has 2 aromatic heterocycles. The Morgan fingerprint density at radius 3 is 2.95 bits per heavy atom. The van der Waals surface area contributed by atoms with Gasteiger partial charge in [-0.2, -0.15) is 0 Å². The van der Waals surface area contributed by atoms with Gasteiger partial charge in [-0.15, -0.1) is 11.3 Å². The van der Waals surface area contributed by atoms with Gasteiger partial charge in [0, 0.05) is 11.1 Å². The van der Waals surface area contributed by atoms with E-state index in [1.165, 1.54) is 0 Å². The summed E-state index contributed by atoms with van der Waals surface area (Å²) in [5, 5.41) is 6.31. The Balaban J connectivity index is 2.34. The number of nitrogens with one attached hydrogen (secondary N) is 1. The molecule has 0 aliphatic heterocycles. The number of halogens is 1. The number of nitrogens with zero attached hydrogens (tertiary/aromatic N) is 1. The minimum absolute atomic E-state index is 0.0649. The molecule has 0 saturated heterocycles. The van der Waals surface area contributed by atoms with Crippen LogP contribution in [0.25, 0.3) is 0 Å². The van der Waals surface area contributed by atoms with Gasteiger partial charge in [0.2, 0.25) is 0 Å². The Bertz CT molecular complexity index is 530. The summed E-state index contributed by atoms with van der Waals surface area (Å²) in [6, 6.07) is 3.99. The summed E-state index contributed by atoms with van der Waals surface area (Å²) in [6.45, 7) is 3.07. The van der Waals surface area contributed by atoms with Gasteiger partial charge in [-0.05, 0) is 36.0 Å². The number of thiophene rings is 1. The van der Waals surface area contributed by atoms with E-state index in [-0.39, 0.29) is 6.04 Å². The Labute approximate surface area is 122 Å². The van der Waals surface area contributed by atoms with E-state index in [0.29, 0.717) is 0 Å². The Kier molecular flexibility index (Phi) is 5.19. The third kappa shape index (κ3) is 3.47. The predicted molar refractivity (Wildman–Crippen MR) is 80.3 cm³/mol. The largest absolute Gasteiger partial charge is 0.495 e. The number of aromatic nitrogens is 1. The maximum Gasteiger partial charge on any atom is 0.137 e. The lowest BCUT2D eigenvalue weighted by Gasteiger charge is -2.18. The highest BCUT2D eigenvalue weighted by molar-refractivity contribution is 7.10. The van der Waals surface area contributed by atoms with E-state index < -0.39 is 0 Å². The number of rotatable bonds is 6. The second kappa shape index (κ2) is 6.89. The van der Waals surface area contributed by atoms with Crippen molar-refractivity contribution in [2.45, 2.75) is 19.4 Å². The van der Waals surface area contributed by atoms with E-state index >= 15 is 0 Å². The molecule has 2 rings (SSSR count). The Hall–Kier alpha value is -1.10. The van der Waals surface area contributed by atoms with E-state index in [4.69, 9.17) is 16.3 Å². The van der Waals surface area contributed by atoms with Gasteiger partial charge in [-0.1, -0.05) is 18.5 Å². The summed E-state index contributed by atoms with van der Waals surface area (Å²) in [6.07, 6.45) is 4.62. The van der Waals surface area contributed by atoms with Crippen molar-refractivity contribution >= 4 is 22.9 Å². The zero-order valence-corrected chi connectivity index (χ0v) is 12.6. The molecule has 0 aromatic carbocycles. The van der Waals surface area contributed by atoms with Crippen LogP contribution in [0.4, 0.5) is 0 Å². The summed E-state index contributed by atoms with van der Waals surface area (Å²) in [4.78, 5) is 5.34. The molecule has 0 aliphatic carbocycles. The molecule has 102 valence electrons. The summed E-state index contributed by atoms with van der Waals surface area (Å²) in [5.74, 6) is 0.758. The lowest BCUT2D eigenvalue weighted by molar-refractivity contribution is 0.411. The SMILES string of the molecule is CCCNC(c1cncc(OC)c1)c1sccc1Cl. The van der Waals surface area contributed by atoms with Crippen molar-refractivity contribution in [3.8, 4) is 5.75 Å². The lowest BCUT2D eigenvalue weighted by atomic mass is 10.1. The lowest BCUT2D eigenvalue weighted by Crippen LogP contribution is -2.22. The quantitative estimate of drug-likeness (QED) is 0.878. The van der Waals surface area contributed by atoms with Crippen LogP contribution in [0.1, 0.15) is 29.8 Å². The molecule has 0 fully saturated rings. The van der Waals surface area contributed by atoms with E-state index in [9.17, 15) is 0 Å². The van der Waals surface area contributed by atoms with Gasteiger partial charge in [-0.3, -0.25) is 4.98 Å². The van der Waals surface area contributed by atoms with Crippen LogP contribution in [-0.2, 0) is 0 Å². The predicted octanol–water partition coefficient (Wildman–Crippen LogP) is 3.89. The molecule has 5 heteroatoms. The molecule has 0 saturated carbocycles. The molecule has 2 heterocycles. The van der Waals surface area contributed by atoms with Gasteiger partial charge in [0.15, 0.2) is 0 Å². The number of hydrogen-bond acceptors (Lipinski definition) is 4. The molecular weight excluding hydrogens is 280 g/mol. The summed E-state index contributed by atoms with van der Waals surface area (Å²) >= 11 is 7.91. The monoisotopic (exact) mass is 296 g/mol. The average Bonchev–Trinajstić information content (AvgIpc) is 2.86. The number of hydrogen-bond donors (Lipinski definition) is 1. The molecule has 0 bridgehead atoms. The fourth-order valence-corrected chi connectivity index (χ4v) is 3.13. The molecular formula is C14H17ClN2OS. The molecule has 0 amide bonds. The van der Waals surface area contributed by atoms with E-state index in [0.717, 1.165) is 34.2 Å². The van der Waals surface area contributed by atoms with Crippen molar-refractivity contribution in [3.63, 3.8) is 0 Å². The fourth-order valence-electron chi connectivity index (χ4n) is 1.87. The normalized spacial score (nSPS) is 12.4. The molecule has 1 unspecified atom stereocenters. The van der Waals surface area contributed by atoms with Crippen molar-refractivity contribution < 1.29 is 4.74 Å². The first-order chi connectivity index (χ1) is 9.26. The van der Waals surface area contributed by atoms with E-state index in [1.54, 1.807) is 24.6 Å². The smallest absolute Gasteiger partial charge is 0.137 e. The zero-order valence-electron chi connectivity index (χ0n) is 11.0. The van der Waals surface area contributed by atoms with Crippen molar-refractivity contribution in [1.29, 1.82) is 0 Å². The maximum atomic E-state index is 6.26. The van der Waals surface area contributed by atoms with Gasteiger partial charge < -0.3 is 10.1 Å². The van der Waals surface area contributed by atoms with Crippen LogP contribution >= 0.6 is 22.9 Å². The highest BCUT2D eigenvalue weighted by atomic mass is 35.5. The van der Waals surface area contributed by atoms with Gasteiger partial charge in [0.25, 0.3) is 0 Å². The molecule has 3 nitrogen and oxygen atoms in total.